The Morgan fingerprint density at radius 3 is 0.739 bits per heavy atom. The first-order chi connectivity index (χ1) is 44.4. The topological polar surface area (TPSA) is 237 Å². The molecule has 19 heteroatoms. The summed E-state index contributed by atoms with van der Waals surface area (Å²) in [4.78, 5) is 72.6. The standard InChI is InChI=1S/C73H142O17P2/c1-7-9-11-13-15-17-18-19-20-21-22-23-24-33-39-45-51-57-72(77)89-69(62-84-71(76)56-50-44-38-32-27-25-30-35-41-47-53-65(3)4)64-88-92(81,82)86-60-67(74)59-85-91(79,80)87-63-68(61-83-70(75)55-49-43-37-29-16-14-12-10-8-2)90-73(78)58-52-46-40-34-28-26-31-36-42-48-54-66(5)6/h65-69,74H,7-64H2,1-6H3,(H,79,80)(H,81,82)/t67-,68+,69+/m0/s1. The van der Waals surface area contributed by atoms with Crippen molar-refractivity contribution in [2.45, 2.75) is 394 Å². The predicted molar refractivity (Wildman–Crippen MR) is 372 cm³/mol. The Hall–Kier alpha value is -1.94. The summed E-state index contributed by atoms with van der Waals surface area (Å²) in [6, 6.07) is 0. The lowest BCUT2D eigenvalue weighted by Gasteiger charge is -2.21. The highest BCUT2D eigenvalue weighted by atomic mass is 31.2. The van der Waals surface area contributed by atoms with Crippen LogP contribution in [0.4, 0.5) is 0 Å². The van der Waals surface area contributed by atoms with E-state index < -0.39 is 97.5 Å². The highest BCUT2D eigenvalue weighted by Gasteiger charge is 2.30. The number of phosphoric ester groups is 2. The van der Waals surface area contributed by atoms with E-state index in [-0.39, 0.29) is 25.7 Å². The second-order valence-corrected chi connectivity index (χ2v) is 30.2. The summed E-state index contributed by atoms with van der Waals surface area (Å²) in [5.41, 5.74) is 0. The molecule has 0 fully saturated rings. The molecule has 3 N–H and O–H groups in total. The fourth-order valence-electron chi connectivity index (χ4n) is 11.1. The van der Waals surface area contributed by atoms with Gasteiger partial charge in [-0.05, 0) is 37.5 Å². The first-order valence-electron chi connectivity index (χ1n) is 38.0. The maximum atomic E-state index is 13.1. The molecule has 0 spiro atoms. The van der Waals surface area contributed by atoms with Crippen molar-refractivity contribution in [1.29, 1.82) is 0 Å². The van der Waals surface area contributed by atoms with E-state index >= 15 is 0 Å². The first kappa shape index (κ1) is 90.1. The number of carbonyl (C=O) groups is 4. The van der Waals surface area contributed by atoms with Gasteiger partial charge in [0, 0.05) is 25.7 Å². The fourth-order valence-corrected chi connectivity index (χ4v) is 12.7. The largest absolute Gasteiger partial charge is 0.472 e. The lowest BCUT2D eigenvalue weighted by Crippen LogP contribution is -2.30. The Morgan fingerprint density at radius 2 is 0.500 bits per heavy atom. The minimum atomic E-state index is -4.95. The quantitative estimate of drug-likeness (QED) is 0.0222. The van der Waals surface area contributed by atoms with Gasteiger partial charge >= 0.3 is 39.5 Å². The zero-order valence-corrected chi connectivity index (χ0v) is 61.6. The number of hydrogen-bond acceptors (Lipinski definition) is 15. The van der Waals surface area contributed by atoms with Crippen molar-refractivity contribution < 1.29 is 80.2 Å². The molecular weight excluding hydrogens is 1210 g/mol. The lowest BCUT2D eigenvalue weighted by atomic mass is 10.0. The van der Waals surface area contributed by atoms with Crippen LogP contribution in [0.5, 0.6) is 0 Å². The molecule has 0 aromatic rings. The summed E-state index contributed by atoms with van der Waals surface area (Å²) < 4.78 is 68.4. The number of esters is 4. The third kappa shape index (κ3) is 66.7. The van der Waals surface area contributed by atoms with E-state index in [4.69, 9.17) is 37.0 Å². The minimum absolute atomic E-state index is 0.106. The van der Waals surface area contributed by atoms with Crippen LogP contribution in [0.3, 0.4) is 0 Å². The van der Waals surface area contributed by atoms with Gasteiger partial charge in [-0.2, -0.15) is 0 Å². The smallest absolute Gasteiger partial charge is 0.462 e. The Labute approximate surface area is 562 Å². The molecule has 0 saturated heterocycles. The highest BCUT2D eigenvalue weighted by molar-refractivity contribution is 7.47. The van der Waals surface area contributed by atoms with E-state index in [0.717, 1.165) is 102 Å². The third-order valence-corrected chi connectivity index (χ3v) is 18.9. The fraction of sp³-hybridized carbons (Fsp3) is 0.945. The molecule has 0 rings (SSSR count). The predicted octanol–water partition coefficient (Wildman–Crippen LogP) is 21.2. The van der Waals surface area contributed by atoms with Gasteiger partial charge in [-0.25, -0.2) is 9.13 Å². The number of ether oxygens (including phenoxy) is 4. The average Bonchev–Trinajstić information content (AvgIpc) is 1.73. The molecule has 0 bridgehead atoms. The number of aliphatic hydroxyl groups excluding tert-OH is 1. The van der Waals surface area contributed by atoms with Crippen LogP contribution in [0.1, 0.15) is 375 Å². The van der Waals surface area contributed by atoms with Gasteiger partial charge in [0.05, 0.1) is 26.4 Å². The molecule has 17 nitrogen and oxygen atoms in total. The maximum Gasteiger partial charge on any atom is 0.472 e. The molecule has 0 aromatic heterocycles. The van der Waals surface area contributed by atoms with Crippen LogP contribution in [0.25, 0.3) is 0 Å². The number of unbranched alkanes of at least 4 members (excludes halogenated alkanes) is 42. The van der Waals surface area contributed by atoms with Crippen molar-refractivity contribution >= 4 is 39.5 Å². The van der Waals surface area contributed by atoms with Gasteiger partial charge in [-0.15, -0.1) is 0 Å². The van der Waals surface area contributed by atoms with Gasteiger partial charge < -0.3 is 33.8 Å². The SMILES string of the molecule is CCCCCCCCCCCCCCCCCCCC(=O)O[C@H](COC(=O)CCCCCCCCCCCCC(C)C)COP(=O)(O)OC[C@@H](O)COP(=O)(O)OC[C@@H](COC(=O)CCCCCCCCCCC)OC(=O)CCCCCCCCCCCCC(C)C. The van der Waals surface area contributed by atoms with Gasteiger partial charge in [-0.1, -0.05) is 324 Å². The molecule has 0 aromatic carbocycles. The molecule has 0 amide bonds. The summed E-state index contributed by atoms with van der Waals surface area (Å²) in [6.07, 6.45) is 51.3. The van der Waals surface area contributed by atoms with E-state index in [2.05, 4.69) is 41.5 Å². The van der Waals surface area contributed by atoms with Gasteiger partial charge in [0.1, 0.15) is 19.3 Å². The first-order valence-corrected chi connectivity index (χ1v) is 41.0. The van der Waals surface area contributed by atoms with Gasteiger partial charge in [-0.3, -0.25) is 37.3 Å². The third-order valence-electron chi connectivity index (χ3n) is 17.0. The van der Waals surface area contributed by atoms with Gasteiger partial charge in [0.25, 0.3) is 0 Å². The van der Waals surface area contributed by atoms with Crippen LogP contribution in [0.15, 0.2) is 0 Å². The molecule has 546 valence electrons. The normalized spacial score (nSPS) is 14.1. The Bertz CT molecular complexity index is 1790. The minimum Gasteiger partial charge on any atom is -0.462 e. The number of aliphatic hydroxyl groups is 1. The molecule has 0 aliphatic heterocycles. The molecule has 0 aliphatic rings. The monoisotopic (exact) mass is 1350 g/mol. The van der Waals surface area contributed by atoms with Crippen LogP contribution >= 0.6 is 15.6 Å². The highest BCUT2D eigenvalue weighted by Crippen LogP contribution is 2.45. The summed E-state index contributed by atoms with van der Waals surface area (Å²) in [5.74, 6) is -0.609. The van der Waals surface area contributed by atoms with E-state index in [1.54, 1.807) is 0 Å². The molecule has 0 aliphatic carbocycles. The summed E-state index contributed by atoms with van der Waals surface area (Å²) >= 11 is 0. The summed E-state index contributed by atoms with van der Waals surface area (Å²) in [7, 11) is -9.90. The van der Waals surface area contributed by atoms with Crippen LogP contribution in [0, 0.1) is 11.8 Å². The second kappa shape index (κ2) is 65.0. The molecule has 92 heavy (non-hydrogen) atoms. The number of phosphoric acid groups is 2. The number of carbonyl (C=O) groups excluding carboxylic acids is 4. The van der Waals surface area contributed by atoms with Crippen LogP contribution in [0.2, 0.25) is 0 Å². The lowest BCUT2D eigenvalue weighted by molar-refractivity contribution is -0.161. The molecule has 0 radical (unpaired) electrons. The molecule has 2 unspecified atom stereocenters. The van der Waals surface area contributed by atoms with Crippen LogP contribution in [-0.2, 0) is 65.4 Å². The van der Waals surface area contributed by atoms with Crippen molar-refractivity contribution in [2.75, 3.05) is 39.6 Å². The van der Waals surface area contributed by atoms with E-state index in [1.807, 2.05) is 0 Å². The summed E-state index contributed by atoms with van der Waals surface area (Å²) in [6.45, 7) is 9.55. The van der Waals surface area contributed by atoms with Gasteiger partial charge in [0.2, 0.25) is 0 Å². The van der Waals surface area contributed by atoms with Crippen molar-refractivity contribution in [1.82, 2.24) is 0 Å². The number of hydrogen-bond donors (Lipinski definition) is 3. The zero-order chi connectivity index (χ0) is 67.9. The van der Waals surface area contributed by atoms with Crippen molar-refractivity contribution in [3.05, 3.63) is 0 Å². The van der Waals surface area contributed by atoms with Crippen molar-refractivity contribution in [3.63, 3.8) is 0 Å². The van der Waals surface area contributed by atoms with E-state index in [0.29, 0.717) is 25.7 Å². The Balaban J connectivity index is 5.23. The van der Waals surface area contributed by atoms with E-state index in [9.17, 15) is 43.2 Å². The van der Waals surface area contributed by atoms with Crippen LogP contribution in [-0.4, -0.2) is 96.7 Å². The maximum absolute atomic E-state index is 13.1. The second-order valence-electron chi connectivity index (χ2n) is 27.3. The van der Waals surface area contributed by atoms with Crippen molar-refractivity contribution in [2.24, 2.45) is 11.8 Å². The molecule has 0 heterocycles. The molecule has 5 atom stereocenters. The molecular formula is C73H142O17P2. The Morgan fingerprint density at radius 1 is 0.293 bits per heavy atom. The molecule has 0 saturated carbocycles. The average molecular weight is 1350 g/mol. The summed E-state index contributed by atoms with van der Waals surface area (Å²) in [5, 5.41) is 10.6. The van der Waals surface area contributed by atoms with Crippen LogP contribution < -0.4 is 0 Å². The Kier molecular flexibility index (Phi) is 63.7. The van der Waals surface area contributed by atoms with Crippen molar-refractivity contribution in [3.8, 4) is 0 Å². The zero-order valence-electron chi connectivity index (χ0n) is 59.9. The van der Waals surface area contributed by atoms with E-state index in [1.165, 1.54) is 193 Å². The van der Waals surface area contributed by atoms with Gasteiger partial charge in [0.15, 0.2) is 12.2 Å². The number of rotatable bonds is 72.